The van der Waals surface area contributed by atoms with Crippen LogP contribution in [0, 0.1) is 24.2 Å². The van der Waals surface area contributed by atoms with Gasteiger partial charge in [0, 0.05) is 12.7 Å². The quantitative estimate of drug-likeness (QED) is 0.897. The Hall–Kier alpha value is -1.05. The summed E-state index contributed by atoms with van der Waals surface area (Å²) in [6.45, 7) is 2.66. The van der Waals surface area contributed by atoms with Crippen LogP contribution in [-0.4, -0.2) is 15.3 Å². The van der Waals surface area contributed by atoms with Gasteiger partial charge in [-0.05, 0) is 32.1 Å². The van der Waals surface area contributed by atoms with Gasteiger partial charge in [-0.3, -0.25) is 4.68 Å². The highest BCUT2D eigenvalue weighted by molar-refractivity contribution is 6.31. The number of nitriles is 1. The number of aromatic nitrogens is 2. The number of hydrogen-bond donors (Lipinski definition) is 1. The zero-order chi connectivity index (χ0) is 12.5. The molecule has 2 rings (SSSR count). The Morgan fingerprint density at radius 1 is 1.76 bits per heavy atom. The van der Waals surface area contributed by atoms with Crippen LogP contribution in [-0.2, 0) is 6.54 Å². The van der Waals surface area contributed by atoms with E-state index in [4.69, 9.17) is 22.6 Å². The van der Waals surface area contributed by atoms with Crippen molar-refractivity contribution in [3.63, 3.8) is 0 Å². The Kier molecular flexibility index (Phi) is 3.41. The van der Waals surface area contributed by atoms with E-state index in [0.717, 1.165) is 37.9 Å². The van der Waals surface area contributed by atoms with E-state index in [9.17, 15) is 0 Å². The molecule has 1 aromatic rings. The second-order valence-corrected chi connectivity index (χ2v) is 5.26. The zero-order valence-electron chi connectivity index (χ0n) is 9.99. The van der Waals surface area contributed by atoms with E-state index < -0.39 is 5.54 Å². The molecule has 0 spiro atoms. The van der Waals surface area contributed by atoms with E-state index in [1.54, 1.807) is 0 Å². The number of rotatable bonds is 3. The summed E-state index contributed by atoms with van der Waals surface area (Å²) in [7, 11) is 0. The fourth-order valence-corrected chi connectivity index (χ4v) is 2.70. The van der Waals surface area contributed by atoms with Gasteiger partial charge in [-0.25, -0.2) is 0 Å². The molecule has 1 aliphatic rings. The summed E-state index contributed by atoms with van der Waals surface area (Å²) in [6.07, 6.45) is 5.62. The van der Waals surface area contributed by atoms with Gasteiger partial charge >= 0.3 is 0 Å². The first kappa shape index (κ1) is 12.4. The van der Waals surface area contributed by atoms with Crippen LogP contribution in [0.5, 0.6) is 0 Å². The summed E-state index contributed by atoms with van der Waals surface area (Å²) in [6, 6.07) is 2.27. The van der Waals surface area contributed by atoms with Crippen molar-refractivity contribution in [1.82, 2.24) is 9.78 Å². The van der Waals surface area contributed by atoms with Crippen LogP contribution in [0.25, 0.3) is 0 Å². The van der Waals surface area contributed by atoms with Gasteiger partial charge in [0.2, 0.25) is 0 Å². The van der Waals surface area contributed by atoms with E-state index in [2.05, 4.69) is 11.2 Å². The summed E-state index contributed by atoms with van der Waals surface area (Å²) in [4.78, 5) is 0. The first-order chi connectivity index (χ1) is 8.05. The zero-order valence-corrected chi connectivity index (χ0v) is 10.7. The number of nitrogens with zero attached hydrogens (tertiary/aromatic N) is 3. The van der Waals surface area contributed by atoms with Crippen molar-refractivity contribution >= 4 is 11.6 Å². The van der Waals surface area contributed by atoms with Gasteiger partial charge in [0.15, 0.2) is 0 Å². The Labute approximate surface area is 106 Å². The second-order valence-electron chi connectivity index (χ2n) is 4.86. The summed E-state index contributed by atoms with van der Waals surface area (Å²) in [5, 5.41) is 14.1. The second kappa shape index (κ2) is 4.67. The molecule has 1 saturated carbocycles. The molecule has 2 unspecified atom stereocenters. The van der Waals surface area contributed by atoms with Crippen molar-refractivity contribution in [1.29, 1.82) is 5.26 Å². The maximum atomic E-state index is 9.12. The lowest BCUT2D eigenvalue weighted by Gasteiger charge is -2.23. The Morgan fingerprint density at radius 2 is 2.53 bits per heavy atom. The molecule has 92 valence electrons. The number of hydrogen-bond acceptors (Lipinski definition) is 3. The molecule has 1 aliphatic carbocycles. The van der Waals surface area contributed by atoms with Gasteiger partial charge in [0.05, 0.1) is 16.8 Å². The number of nitrogens with two attached hydrogens (primary N) is 1. The maximum Gasteiger partial charge on any atom is 0.107 e. The highest BCUT2D eigenvalue weighted by Gasteiger charge is 2.39. The average Bonchev–Trinajstić information content (AvgIpc) is 2.82. The molecular weight excluding hydrogens is 236 g/mol. The van der Waals surface area contributed by atoms with Crippen LogP contribution in [0.2, 0.25) is 5.02 Å². The topological polar surface area (TPSA) is 67.6 Å². The third-order valence-corrected chi connectivity index (χ3v) is 4.04. The van der Waals surface area contributed by atoms with Crippen LogP contribution < -0.4 is 5.73 Å². The molecule has 1 fully saturated rings. The Bertz CT molecular complexity index is 428. The van der Waals surface area contributed by atoms with Crippen LogP contribution >= 0.6 is 11.6 Å². The van der Waals surface area contributed by atoms with Gasteiger partial charge in [0.25, 0.3) is 0 Å². The third-order valence-electron chi connectivity index (χ3n) is 3.67. The lowest BCUT2D eigenvalue weighted by molar-refractivity contribution is 0.346. The SMILES string of the molecule is Cc1nn(CCC2CCCC2(N)C#N)cc1Cl. The van der Waals surface area contributed by atoms with E-state index in [-0.39, 0.29) is 5.92 Å². The van der Waals surface area contributed by atoms with Crippen molar-refractivity contribution in [2.24, 2.45) is 11.7 Å². The standard InChI is InChI=1S/C12H17ClN4/c1-9-11(13)7-17(16-9)6-4-10-3-2-5-12(10,15)8-14/h7,10H,2-6,15H2,1H3. The van der Waals surface area contributed by atoms with Gasteiger partial charge in [-0.15, -0.1) is 0 Å². The minimum Gasteiger partial charge on any atom is -0.313 e. The van der Waals surface area contributed by atoms with Crippen LogP contribution in [0.15, 0.2) is 6.20 Å². The van der Waals surface area contributed by atoms with Crippen molar-refractivity contribution in [2.45, 2.75) is 44.7 Å². The number of aryl methyl sites for hydroxylation is 2. The predicted molar refractivity (Wildman–Crippen MR) is 66.5 cm³/mol. The van der Waals surface area contributed by atoms with Crippen molar-refractivity contribution in [2.75, 3.05) is 0 Å². The third kappa shape index (κ3) is 2.46. The summed E-state index contributed by atoms with van der Waals surface area (Å²) in [5.41, 5.74) is 6.30. The highest BCUT2D eigenvalue weighted by Crippen LogP contribution is 2.35. The molecule has 2 N–H and O–H groups in total. The minimum absolute atomic E-state index is 0.274. The molecule has 5 heteroatoms. The first-order valence-electron chi connectivity index (χ1n) is 5.95. The summed E-state index contributed by atoms with van der Waals surface area (Å²) < 4.78 is 1.84. The first-order valence-corrected chi connectivity index (χ1v) is 6.32. The lowest BCUT2D eigenvalue weighted by atomic mass is 9.87. The summed E-state index contributed by atoms with van der Waals surface area (Å²) >= 11 is 5.95. The molecule has 0 saturated heterocycles. The Balaban J connectivity index is 1.97. The van der Waals surface area contributed by atoms with Gasteiger partial charge < -0.3 is 5.73 Å². The monoisotopic (exact) mass is 252 g/mol. The number of halogens is 1. The van der Waals surface area contributed by atoms with Crippen LogP contribution in [0.1, 0.15) is 31.4 Å². The van der Waals surface area contributed by atoms with Crippen molar-refractivity contribution < 1.29 is 0 Å². The largest absolute Gasteiger partial charge is 0.313 e. The van der Waals surface area contributed by atoms with Crippen LogP contribution in [0.3, 0.4) is 0 Å². The lowest BCUT2D eigenvalue weighted by Crippen LogP contribution is -2.42. The molecule has 0 bridgehead atoms. The van der Waals surface area contributed by atoms with Crippen molar-refractivity contribution in [3.8, 4) is 6.07 Å². The smallest absolute Gasteiger partial charge is 0.107 e. The fraction of sp³-hybridized carbons (Fsp3) is 0.667. The van der Waals surface area contributed by atoms with E-state index in [0.29, 0.717) is 5.02 Å². The molecule has 0 aliphatic heterocycles. The molecule has 1 aromatic heterocycles. The summed E-state index contributed by atoms with van der Waals surface area (Å²) in [5.74, 6) is 0.274. The van der Waals surface area contributed by atoms with Crippen LogP contribution in [0.4, 0.5) is 0 Å². The van der Waals surface area contributed by atoms with Gasteiger partial charge in [-0.2, -0.15) is 10.4 Å². The average molecular weight is 253 g/mol. The van der Waals surface area contributed by atoms with E-state index in [1.165, 1.54) is 0 Å². The fourth-order valence-electron chi connectivity index (χ4n) is 2.55. The molecule has 0 amide bonds. The molecule has 0 aromatic carbocycles. The molecule has 0 radical (unpaired) electrons. The molecular formula is C12H17ClN4. The van der Waals surface area contributed by atoms with E-state index in [1.807, 2.05) is 17.8 Å². The van der Waals surface area contributed by atoms with Gasteiger partial charge in [-0.1, -0.05) is 18.0 Å². The molecule has 1 heterocycles. The van der Waals surface area contributed by atoms with Crippen molar-refractivity contribution in [3.05, 3.63) is 16.9 Å². The molecule has 4 nitrogen and oxygen atoms in total. The highest BCUT2D eigenvalue weighted by atomic mass is 35.5. The Morgan fingerprint density at radius 3 is 3.12 bits per heavy atom. The van der Waals surface area contributed by atoms with E-state index >= 15 is 0 Å². The minimum atomic E-state index is -0.633. The maximum absolute atomic E-state index is 9.12. The predicted octanol–water partition coefficient (Wildman–Crippen LogP) is 2.26. The normalized spacial score (nSPS) is 28.2. The molecule has 2 atom stereocenters. The molecule has 17 heavy (non-hydrogen) atoms. The van der Waals surface area contributed by atoms with Gasteiger partial charge in [0.1, 0.15) is 5.54 Å².